The Morgan fingerprint density at radius 3 is 2.83 bits per heavy atom. The number of amides is 1. The van der Waals surface area contributed by atoms with Crippen molar-refractivity contribution in [1.29, 1.82) is 0 Å². The minimum absolute atomic E-state index is 0.0244. The average molecular weight is 330 g/mol. The van der Waals surface area contributed by atoms with Crippen LogP contribution in [-0.2, 0) is 29.2 Å². The lowest BCUT2D eigenvalue weighted by molar-refractivity contribution is -0.128. The molecule has 0 unspecified atom stereocenters. The Morgan fingerprint density at radius 1 is 1.33 bits per heavy atom. The Kier molecular flexibility index (Phi) is 5.22. The molecule has 1 aliphatic rings. The second kappa shape index (κ2) is 7.55. The van der Waals surface area contributed by atoms with Crippen molar-refractivity contribution in [3.05, 3.63) is 47.5 Å². The summed E-state index contributed by atoms with van der Waals surface area (Å²) in [5.74, 6) is 1.58. The molecule has 0 radical (unpaired) electrons. The molecule has 128 valence electrons. The molecular weight excluding hydrogens is 308 g/mol. The molecule has 1 atom stereocenters. The third kappa shape index (κ3) is 3.63. The summed E-state index contributed by atoms with van der Waals surface area (Å²) in [5, 5.41) is 13.5. The molecule has 1 saturated heterocycles. The van der Waals surface area contributed by atoms with Crippen LogP contribution in [0.5, 0.6) is 0 Å². The number of benzene rings is 1. The van der Waals surface area contributed by atoms with E-state index in [1.54, 1.807) is 11.8 Å². The summed E-state index contributed by atoms with van der Waals surface area (Å²) in [5.41, 5.74) is 1.19. The molecule has 2 aromatic rings. The van der Waals surface area contributed by atoms with Gasteiger partial charge in [0.25, 0.3) is 0 Å². The quantitative estimate of drug-likeness (QED) is 0.817. The van der Waals surface area contributed by atoms with Gasteiger partial charge < -0.3 is 14.7 Å². The van der Waals surface area contributed by atoms with E-state index in [-0.39, 0.29) is 18.4 Å². The number of ether oxygens (including phenoxy) is 1. The summed E-state index contributed by atoms with van der Waals surface area (Å²) in [4.78, 5) is 18.6. The van der Waals surface area contributed by atoms with Gasteiger partial charge in [-0.3, -0.25) is 4.79 Å². The van der Waals surface area contributed by atoms with Crippen LogP contribution in [0.1, 0.15) is 29.6 Å². The van der Waals surface area contributed by atoms with E-state index in [4.69, 9.17) is 4.74 Å². The van der Waals surface area contributed by atoms with Crippen molar-refractivity contribution in [2.45, 2.75) is 32.0 Å². The molecule has 1 aliphatic heterocycles. The van der Waals surface area contributed by atoms with Gasteiger partial charge in [0.15, 0.2) is 5.82 Å². The van der Waals surface area contributed by atoms with E-state index in [1.807, 2.05) is 23.1 Å². The molecular formula is C17H22N4O3. The number of likely N-dealkylation sites (tertiary alicyclic amines) is 1. The molecule has 3 rings (SSSR count). The van der Waals surface area contributed by atoms with E-state index < -0.39 is 0 Å². The van der Waals surface area contributed by atoms with Crippen molar-refractivity contribution >= 4 is 5.91 Å². The van der Waals surface area contributed by atoms with E-state index in [9.17, 15) is 9.90 Å². The summed E-state index contributed by atoms with van der Waals surface area (Å²) >= 11 is 0. The van der Waals surface area contributed by atoms with E-state index in [0.717, 1.165) is 0 Å². The van der Waals surface area contributed by atoms with Gasteiger partial charge >= 0.3 is 0 Å². The zero-order valence-electron chi connectivity index (χ0n) is 13.8. The molecule has 0 bridgehead atoms. The molecule has 7 heteroatoms. The van der Waals surface area contributed by atoms with Crippen LogP contribution in [0.2, 0.25) is 0 Å². The molecule has 1 amide bonds. The van der Waals surface area contributed by atoms with Gasteiger partial charge in [0.05, 0.1) is 19.7 Å². The first-order valence-corrected chi connectivity index (χ1v) is 8.06. The Morgan fingerprint density at radius 2 is 2.12 bits per heavy atom. The van der Waals surface area contributed by atoms with Crippen molar-refractivity contribution in [3.8, 4) is 0 Å². The van der Waals surface area contributed by atoms with Crippen molar-refractivity contribution < 1.29 is 14.6 Å². The average Bonchev–Trinajstić information content (AvgIpc) is 3.14. The predicted molar refractivity (Wildman–Crippen MR) is 87.0 cm³/mol. The number of hydrogen-bond acceptors (Lipinski definition) is 5. The highest BCUT2D eigenvalue weighted by molar-refractivity contribution is 5.79. The van der Waals surface area contributed by atoms with Gasteiger partial charge in [0, 0.05) is 26.0 Å². The highest BCUT2D eigenvalue weighted by atomic mass is 16.5. The Balaban J connectivity index is 1.72. The zero-order valence-corrected chi connectivity index (χ0v) is 13.8. The van der Waals surface area contributed by atoms with Gasteiger partial charge in [-0.1, -0.05) is 30.3 Å². The predicted octanol–water partition coefficient (Wildman–Crippen LogP) is 0.933. The summed E-state index contributed by atoms with van der Waals surface area (Å²) in [6.07, 6.45) is 0.517. The summed E-state index contributed by atoms with van der Waals surface area (Å²) in [7, 11) is 1.58. The lowest BCUT2D eigenvalue weighted by atomic mass is 9.99. The third-order valence-corrected chi connectivity index (χ3v) is 4.20. The number of rotatable bonds is 7. The van der Waals surface area contributed by atoms with Crippen LogP contribution >= 0.6 is 0 Å². The molecule has 7 nitrogen and oxygen atoms in total. The molecule has 1 N–H and O–H groups in total. The number of aliphatic hydroxyl groups excluding tert-OH is 1. The number of nitrogens with zero attached hydrogens (tertiary/aromatic N) is 4. The van der Waals surface area contributed by atoms with Crippen molar-refractivity contribution in [2.75, 3.05) is 20.3 Å². The topological polar surface area (TPSA) is 80.5 Å². The van der Waals surface area contributed by atoms with Crippen LogP contribution in [0, 0.1) is 0 Å². The van der Waals surface area contributed by atoms with Gasteiger partial charge in [0.1, 0.15) is 12.4 Å². The molecule has 0 aliphatic carbocycles. The Bertz CT molecular complexity index is 686. The maximum atomic E-state index is 12.4. The van der Waals surface area contributed by atoms with Gasteiger partial charge in [-0.25, -0.2) is 9.67 Å². The fraction of sp³-hybridized carbons (Fsp3) is 0.471. The molecule has 1 aromatic heterocycles. The van der Waals surface area contributed by atoms with Gasteiger partial charge in [0.2, 0.25) is 5.91 Å². The lowest BCUT2D eigenvalue weighted by Gasteiger charge is -2.16. The smallest absolute Gasteiger partial charge is 0.223 e. The number of hydrogen-bond donors (Lipinski definition) is 1. The van der Waals surface area contributed by atoms with Crippen molar-refractivity contribution in [1.82, 2.24) is 19.7 Å². The molecule has 0 saturated carbocycles. The van der Waals surface area contributed by atoms with Crippen LogP contribution in [0.4, 0.5) is 0 Å². The molecule has 1 fully saturated rings. The van der Waals surface area contributed by atoms with Gasteiger partial charge in [-0.05, 0) is 5.56 Å². The second-order valence-electron chi connectivity index (χ2n) is 5.91. The van der Waals surface area contributed by atoms with Gasteiger partial charge in [-0.2, -0.15) is 5.10 Å². The monoisotopic (exact) mass is 330 g/mol. The van der Waals surface area contributed by atoms with Crippen LogP contribution in [0.25, 0.3) is 0 Å². The maximum absolute atomic E-state index is 12.4. The minimum Gasteiger partial charge on any atom is -0.394 e. The summed E-state index contributed by atoms with van der Waals surface area (Å²) in [6, 6.07) is 10.1. The molecule has 2 heterocycles. The number of methoxy groups -OCH3 is 1. The van der Waals surface area contributed by atoms with E-state index >= 15 is 0 Å². The van der Waals surface area contributed by atoms with Crippen LogP contribution in [0.3, 0.4) is 0 Å². The SMILES string of the molecule is COCc1nc(CN2C[C@H](c3ccccc3)CC2=O)n(CCO)n1. The van der Waals surface area contributed by atoms with Crippen LogP contribution < -0.4 is 0 Å². The van der Waals surface area contributed by atoms with Crippen molar-refractivity contribution in [2.24, 2.45) is 0 Å². The first kappa shape index (κ1) is 16.6. The molecule has 1 aromatic carbocycles. The number of aromatic nitrogens is 3. The Hall–Kier alpha value is -2.25. The highest BCUT2D eigenvalue weighted by Gasteiger charge is 2.31. The number of carbonyl (C=O) groups is 1. The second-order valence-corrected chi connectivity index (χ2v) is 5.91. The number of carbonyl (C=O) groups excluding carboxylic acids is 1. The van der Waals surface area contributed by atoms with Crippen molar-refractivity contribution in [3.63, 3.8) is 0 Å². The normalized spacial score (nSPS) is 17.7. The van der Waals surface area contributed by atoms with E-state index in [2.05, 4.69) is 22.2 Å². The van der Waals surface area contributed by atoms with E-state index in [0.29, 0.717) is 44.3 Å². The fourth-order valence-electron chi connectivity index (χ4n) is 3.05. The first-order valence-electron chi connectivity index (χ1n) is 8.06. The maximum Gasteiger partial charge on any atom is 0.223 e. The third-order valence-electron chi connectivity index (χ3n) is 4.20. The Labute approximate surface area is 140 Å². The first-order chi connectivity index (χ1) is 11.7. The minimum atomic E-state index is -0.0244. The largest absolute Gasteiger partial charge is 0.394 e. The standard InChI is InChI=1S/C17H22N4O3/c1-24-12-15-18-16(21(19-15)7-8-22)11-20-10-14(9-17(20)23)13-5-3-2-4-6-13/h2-6,14,22H,7-12H2,1H3/t14-/m1/s1. The number of aliphatic hydroxyl groups is 1. The summed E-state index contributed by atoms with van der Waals surface area (Å²) in [6.45, 7) is 1.72. The lowest BCUT2D eigenvalue weighted by Crippen LogP contribution is -2.26. The molecule has 0 spiro atoms. The van der Waals surface area contributed by atoms with Crippen LogP contribution in [-0.4, -0.2) is 50.9 Å². The molecule has 24 heavy (non-hydrogen) atoms. The summed E-state index contributed by atoms with van der Waals surface area (Å²) < 4.78 is 6.71. The fourth-order valence-corrected chi connectivity index (χ4v) is 3.05. The highest BCUT2D eigenvalue weighted by Crippen LogP contribution is 2.28. The van der Waals surface area contributed by atoms with E-state index in [1.165, 1.54) is 5.56 Å². The van der Waals surface area contributed by atoms with Crippen LogP contribution in [0.15, 0.2) is 30.3 Å². The zero-order chi connectivity index (χ0) is 16.9. The van der Waals surface area contributed by atoms with Gasteiger partial charge in [-0.15, -0.1) is 0 Å².